The van der Waals surface area contributed by atoms with Gasteiger partial charge in [-0.2, -0.15) is 0 Å². The number of carbonyl (C=O) groups excluding carboxylic acids is 4. The Balaban J connectivity index is 2.98. The Morgan fingerprint density at radius 3 is 2.21 bits per heavy atom. The van der Waals surface area contributed by atoms with Gasteiger partial charge in [0.1, 0.15) is 18.1 Å². The number of carbonyl (C=O) groups is 6. The average Bonchev–Trinajstić information content (AvgIpc) is 3.18. The minimum atomic E-state index is -1.33. The van der Waals surface area contributed by atoms with Crippen molar-refractivity contribution in [2.75, 3.05) is 6.54 Å². The highest BCUT2D eigenvalue weighted by atomic mass is 16.4. The van der Waals surface area contributed by atoms with Crippen molar-refractivity contribution in [2.45, 2.75) is 76.5 Å². The first kappa shape index (κ1) is 27.8. The zero-order chi connectivity index (χ0) is 25.3. The molecule has 0 aliphatic carbocycles. The van der Waals surface area contributed by atoms with Gasteiger partial charge in [0.05, 0.1) is 12.5 Å². The van der Waals surface area contributed by atoms with Gasteiger partial charge in [0.25, 0.3) is 0 Å². The zero-order valence-corrected chi connectivity index (χ0v) is 18.8. The summed E-state index contributed by atoms with van der Waals surface area (Å²) in [6.07, 6.45) is -0.219. The van der Waals surface area contributed by atoms with Crippen LogP contribution in [0, 0.1) is 5.92 Å². The summed E-state index contributed by atoms with van der Waals surface area (Å²) < 4.78 is 0. The second kappa shape index (κ2) is 12.7. The Bertz CT molecular complexity index is 772. The molecule has 1 aliphatic rings. The number of carboxylic acid groups (broad SMARTS) is 2. The number of nitrogens with two attached hydrogens (primary N) is 2. The minimum absolute atomic E-state index is 0.00735. The third-order valence-electron chi connectivity index (χ3n) is 5.18. The zero-order valence-electron chi connectivity index (χ0n) is 18.8. The maximum atomic E-state index is 13.1. The lowest BCUT2D eigenvalue weighted by molar-refractivity contribution is -0.145. The molecule has 4 atom stereocenters. The van der Waals surface area contributed by atoms with Crippen molar-refractivity contribution in [1.82, 2.24) is 15.5 Å². The van der Waals surface area contributed by atoms with E-state index in [9.17, 15) is 33.9 Å². The highest BCUT2D eigenvalue weighted by molar-refractivity contribution is 5.95. The molecule has 0 bridgehead atoms. The minimum Gasteiger partial charge on any atom is -0.481 e. The normalized spacial score (nSPS) is 18.3. The number of carboxylic acids is 2. The van der Waals surface area contributed by atoms with E-state index in [4.69, 9.17) is 16.6 Å². The lowest BCUT2D eigenvalue weighted by Gasteiger charge is -2.30. The highest BCUT2D eigenvalue weighted by Crippen LogP contribution is 2.20. The van der Waals surface area contributed by atoms with Gasteiger partial charge in [-0.25, -0.2) is 4.79 Å². The van der Waals surface area contributed by atoms with Crippen LogP contribution in [0.5, 0.6) is 0 Å². The molecule has 1 aliphatic heterocycles. The van der Waals surface area contributed by atoms with E-state index in [-0.39, 0.29) is 31.7 Å². The van der Waals surface area contributed by atoms with Gasteiger partial charge >= 0.3 is 11.9 Å². The van der Waals surface area contributed by atoms with Crippen molar-refractivity contribution in [3.05, 3.63) is 0 Å². The molecule has 8 N–H and O–H groups in total. The molecule has 1 saturated heterocycles. The van der Waals surface area contributed by atoms with Crippen molar-refractivity contribution in [2.24, 2.45) is 17.4 Å². The van der Waals surface area contributed by atoms with Crippen LogP contribution in [-0.2, 0) is 28.8 Å². The summed E-state index contributed by atoms with van der Waals surface area (Å²) in [5.74, 6) is -5.39. The molecule has 13 nitrogen and oxygen atoms in total. The summed E-state index contributed by atoms with van der Waals surface area (Å²) in [6.45, 7) is 3.80. The number of primary amides is 1. The fourth-order valence-electron chi connectivity index (χ4n) is 3.58. The van der Waals surface area contributed by atoms with Crippen molar-refractivity contribution in [3.63, 3.8) is 0 Å². The summed E-state index contributed by atoms with van der Waals surface area (Å²) in [6, 6.07) is -4.71. The molecule has 4 unspecified atom stereocenters. The standard InChI is InChI=1S/C20H33N5O8/c1-10(2)8-13(20(32)33)24-18(30)14-4-3-7-25(14)19(31)12(5-6-16(27)28)23-17(29)11(21)9-15(22)26/h10-14H,3-9,21H2,1-2H3,(H2,22,26)(H,23,29)(H,24,30)(H,27,28)(H,32,33). The first-order chi connectivity index (χ1) is 15.3. The van der Waals surface area contributed by atoms with E-state index in [1.807, 2.05) is 13.8 Å². The smallest absolute Gasteiger partial charge is 0.326 e. The number of amides is 4. The Kier molecular flexibility index (Phi) is 10.7. The second-order valence-corrected chi connectivity index (χ2v) is 8.49. The predicted molar refractivity (Wildman–Crippen MR) is 114 cm³/mol. The molecule has 0 aromatic heterocycles. The molecule has 1 fully saturated rings. The van der Waals surface area contributed by atoms with Crippen molar-refractivity contribution in [3.8, 4) is 0 Å². The van der Waals surface area contributed by atoms with Crippen LogP contribution in [0.4, 0.5) is 0 Å². The van der Waals surface area contributed by atoms with Crippen LogP contribution in [-0.4, -0.2) is 81.4 Å². The fourth-order valence-corrected chi connectivity index (χ4v) is 3.58. The van der Waals surface area contributed by atoms with Crippen LogP contribution in [0.1, 0.15) is 52.4 Å². The number of hydrogen-bond donors (Lipinski definition) is 6. The molecule has 186 valence electrons. The molecular weight excluding hydrogens is 438 g/mol. The summed E-state index contributed by atoms with van der Waals surface area (Å²) in [5, 5.41) is 23.2. The van der Waals surface area contributed by atoms with E-state index in [0.717, 1.165) is 0 Å². The molecule has 4 amide bonds. The summed E-state index contributed by atoms with van der Waals surface area (Å²) >= 11 is 0. The Hall–Kier alpha value is -3.22. The quantitative estimate of drug-likeness (QED) is 0.177. The molecule has 13 heteroatoms. The molecular formula is C20H33N5O8. The van der Waals surface area contributed by atoms with Crippen LogP contribution in [0.25, 0.3) is 0 Å². The molecule has 1 heterocycles. The maximum Gasteiger partial charge on any atom is 0.326 e. The first-order valence-corrected chi connectivity index (χ1v) is 10.7. The van der Waals surface area contributed by atoms with Gasteiger partial charge in [-0.3, -0.25) is 24.0 Å². The first-order valence-electron chi connectivity index (χ1n) is 10.7. The number of hydrogen-bond acceptors (Lipinski definition) is 7. The topological polar surface area (TPSA) is 222 Å². The number of aliphatic carboxylic acids is 2. The SMILES string of the molecule is CC(C)CC(NC(=O)C1CCCN1C(=O)C(CCC(=O)O)NC(=O)C(N)CC(N)=O)C(=O)O. The van der Waals surface area contributed by atoms with E-state index < -0.39 is 72.6 Å². The number of nitrogens with one attached hydrogen (secondary N) is 2. The molecule has 33 heavy (non-hydrogen) atoms. The third-order valence-corrected chi connectivity index (χ3v) is 5.18. The van der Waals surface area contributed by atoms with Gasteiger partial charge < -0.3 is 37.2 Å². The Labute approximate surface area is 191 Å². The summed E-state index contributed by atoms with van der Waals surface area (Å²) in [7, 11) is 0. The molecule has 0 aromatic rings. The predicted octanol–water partition coefficient (Wildman–Crippen LogP) is -1.85. The van der Waals surface area contributed by atoms with Crippen LogP contribution in [0.3, 0.4) is 0 Å². The number of nitrogens with zero attached hydrogens (tertiary/aromatic N) is 1. The van der Waals surface area contributed by atoms with Crippen LogP contribution in [0.2, 0.25) is 0 Å². The summed E-state index contributed by atoms with van der Waals surface area (Å²) in [5.41, 5.74) is 10.6. The number of rotatable bonds is 13. The molecule has 0 spiro atoms. The molecule has 0 saturated carbocycles. The Morgan fingerprint density at radius 1 is 1.06 bits per heavy atom. The third kappa shape index (κ3) is 9.04. The monoisotopic (exact) mass is 471 g/mol. The lowest BCUT2D eigenvalue weighted by atomic mass is 10.0. The number of likely N-dealkylation sites (tertiary alicyclic amines) is 1. The van der Waals surface area contributed by atoms with Crippen LogP contribution < -0.4 is 22.1 Å². The fraction of sp³-hybridized carbons (Fsp3) is 0.700. The Morgan fingerprint density at radius 2 is 1.70 bits per heavy atom. The molecule has 0 radical (unpaired) electrons. The van der Waals surface area contributed by atoms with Gasteiger partial charge in [-0.05, 0) is 31.6 Å². The van der Waals surface area contributed by atoms with E-state index in [0.29, 0.717) is 6.42 Å². The van der Waals surface area contributed by atoms with Gasteiger partial charge in [0.15, 0.2) is 0 Å². The van der Waals surface area contributed by atoms with Crippen molar-refractivity contribution >= 4 is 35.6 Å². The lowest BCUT2D eigenvalue weighted by Crippen LogP contribution is -2.57. The van der Waals surface area contributed by atoms with Crippen LogP contribution in [0.15, 0.2) is 0 Å². The largest absolute Gasteiger partial charge is 0.481 e. The van der Waals surface area contributed by atoms with Crippen molar-refractivity contribution in [1.29, 1.82) is 0 Å². The van der Waals surface area contributed by atoms with E-state index in [1.54, 1.807) is 0 Å². The second-order valence-electron chi connectivity index (χ2n) is 8.49. The van der Waals surface area contributed by atoms with E-state index in [1.165, 1.54) is 4.90 Å². The van der Waals surface area contributed by atoms with Gasteiger partial charge in [-0.15, -0.1) is 0 Å². The maximum absolute atomic E-state index is 13.1. The van der Waals surface area contributed by atoms with E-state index >= 15 is 0 Å². The summed E-state index contributed by atoms with van der Waals surface area (Å²) in [4.78, 5) is 72.9. The highest BCUT2D eigenvalue weighted by Gasteiger charge is 2.39. The molecule has 0 aromatic carbocycles. The van der Waals surface area contributed by atoms with Crippen LogP contribution >= 0.6 is 0 Å². The molecule has 1 rings (SSSR count). The van der Waals surface area contributed by atoms with Crippen molar-refractivity contribution < 1.29 is 39.0 Å². The van der Waals surface area contributed by atoms with E-state index in [2.05, 4.69) is 10.6 Å². The van der Waals surface area contributed by atoms with Gasteiger partial charge in [-0.1, -0.05) is 13.8 Å². The average molecular weight is 472 g/mol. The van der Waals surface area contributed by atoms with Gasteiger partial charge in [0, 0.05) is 13.0 Å². The van der Waals surface area contributed by atoms with Gasteiger partial charge in [0.2, 0.25) is 23.6 Å².